The van der Waals surface area contributed by atoms with Crippen LogP contribution in [-0.4, -0.2) is 18.0 Å². The Morgan fingerprint density at radius 2 is 1.78 bits per heavy atom. The Morgan fingerprint density at radius 3 is 2.52 bits per heavy atom. The molecule has 23 heavy (non-hydrogen) atoms. The molecule has 3 N–H and O–H groups in total. The van der Waals surface area contributed by atoms with E-state index in [1.54, 1.807) is 0 Å². The standard InChI is InChI=1S/C19H26N2O.ClH/c20-15-10-13-5-3-6-14(11-15)18(13)21-19(22)17-9-8-12-4-1-2-7-16(12)17;/h1-2,4,7,13-15,17-18H,3,5-6,8-11,20H2,(H,21,22);1H. The summed E-state index contributed by atoms with van der Waals surface area (Å²) in [4.78, 5) is 12.8. The van der Waals surface area contributed by atoms with E-state index in [1.807, 2.05) is 0 Å². The molecule has 3 atom stereocenters. The van der Waals surface area contributed by atoms with Crippen molar-refractivity contribution in [2.24, 2.45) is 17.6 Å². The largest absolute Gasteiger partial charge is 0.352 e. The second-order valence-corrected chi connectivity index (χ2v) is 7.51. The number of nitrogens with one attached hydrogen (secondary N) is 1. The monoisotopic (exact) mass is 334 g/mol. The van der Waals surface area contributed by atoms with Crippen LogP contribution in [0.3, 0.4) is 0 Å². The first-order valence-electron chi connectivity index (χ1n) is 8.86. The summed E-state index contributed by atoms with van der Waals surface area (Å²) in [7, 11) is 0. The number of rotatable bonds is 2. The van der Waals surface area contributed by atoms with Crippen LogP contribution in [-0.2, 0) is 11.2 Å². The molecular weight excluding hydrogens is 308 g/mol. The second-order valence-electron chi connectivity index (χ2n) is 7.51. The number of hydrogen-bond donors (Lipinski definition) is 2. The van der Waals surface area contributed by atoms with Crippen molar-refractivity contribution < 1.29 is 4.79 Å². The first kappa shape index (κ1) is 16.8. The highest BCUT2D eigenvalue weighted by Crippen LogP contribution is 2.40. The average molecular weight is 335 g/mol. The van der Waals surface area contributed by atoms with Crippen LogP contribution in [0.4, 0.5) is 0 Å². The molecule has 1 amide bonds. The zero-order chi connectivity index (χ0) is 15.1. The number of benzene rings is 1. The van der Waals surface area contributed by atoms with E-state index in [4.69, 9.17) is 5.73 Å². The molecule has 0 aromatic heterocycles. The summed E-state index contributed by atoms with van der Waals surface area (Å²) >= 11 is 0. The maximum absolute atomic E-state index is 12.8. The van der Waals surface area contributed by atoms with Gasteiger partial charge in [0.25, 0.3) is 0 Å². The number of amides is 1. The van der Waals surface area contributed by atoms with Crippen molar-refractivity contribution in [2.45, 2.75) is 62.9 Å². The predicted molar refractivity (Wildman–Crippen MR) is 94.7 cm³/mol. The first-order valence-corrected chi connectivity index (χ1v) is 8.86. The van der Waals surface area contributed by atoms with E-state index in [1.165, 1.54) is 30.4 Å². The van der Waals surface area contributed by atoms with E-state index in [0.717, 1.165) is 25.7 Å². The minimum atomic E-state index is 0. The molecule has 4 rings (SSSR count). The van der Waals surface area contributed by atoms with Crippen LogP contribution in [0.25, 0.3) is 0 Å². The van der Waals surface area contributed by atoms with Crippen LogP contribution in [0.1, 0.15) is 55.6 Å². The van der Waals surface area contributed by atoms with Crippen molar-refractivity contribution >= 4 is 18.3 Å². The van der Waals surface area contributed by atoms with Gasteiger partial charge in [-0.15, -0.1) is 12.4 Å². The normalized spacial score (nSPS) is 35.1. The van der Waals surface area contributed by atoms with Crippen LogP contribution in [0, 0.1) is 11.8 Å². The lowest BCUT2D eigenvalue weighted by Crippen LogP contribution is -2.54. The Balaban J connectivity index is 0.00000156. The van der Waals surface area contributed by atoms with Crippen LogP contribution in [0.2, 0.25) is 0 Å². The van der Waals surface area contributed by atoms with Gasteiger partial charge in [0.05, 0.1) is 5.92 Å². The molecule has 2 bridgehead atoms. The van der Waals surface area contributed by atoms with Crippen LogP contribution in [0.15, 0.2) is 24.3 Å². The van der Waals surface area contributed by atoms with Crippen molar-refractivity contribution in [3.8, 4) is 0 Å². The molecule has 3 aliphatic rings. The van der Waals surface area contributed by atoms with Gasteiger partial charge in [-0.2, -0.15) is 0 Å². The minimum absolute atomic E-state index is 0. The third-order valence-corrected chi connectivity index (χ3v) is 6.13. The lowest BCUT2D eigenvalue weighted by atomic mass is 9.67. The van der Waals surface area contributed by atoms with Crippen molar-refractivity contribution in [1.29, 1.82) is 0 Å². The molecule has 1 aromatic rings. The summed E-state index contributed by atoms with van der Waals surface area (Å²) in [5, 5.41) is 3.43. The lowest BCUT2D eigenvalue weighted by molar-refractivity contribution is -0.124. The summed E-state index contributed by atoms with van der Waals surface area (Å²) in [6.07, 6.45) is 7.95. The van der Waals surface area contributed by atoms with Gasteiger partial charge >= 0.3 is 0 Å². The number of aryl methyl sites for hydroxylation is 1. The average Bonchev–Trinajstić information content (AvgIpc) is 2.92. The Hall–Kier alpha value is -1.06. The maximum atomic E-state index is 12.8. The molecule has 2 fully saturated rings. The topological polar surface area (TPSA) is 55.1 Å². The molecule has 0 saturated heterocycles. The van der Waals surface area contributed by atoms with Crippen LogP contribution < -0.4 is 11.1 Å². The van der Waals surface area contributed by atoms with E-state index in [9.17, 15) is 4.79 Å². The molecule has 0 heterocycles. The van der Waals surface area contributed by atoms with Crippen LogP contribution in [0.5, 0.6) is 0 Å². The Morgan fingerprint density at radius 1 is 1.09 bits per heavy atom. The molecular formula is C19H27ClN2O. The SMILES string of the molecule is Cl.NC1CC2CCCC(C1)C2NC(=O)C1CCc2ccccc21. The maximum Gasteiger partial charge on any atom is 0.227 e. The molecule has 3 aliphatic carbocycles. The number of halogens is 1. The van der Waals surface area contributed by atoms with Gasteiger partial charge in [0.15, 0.2) is 0 Å². The van der Waals surface area contributed by atoms with Gasteiger partial charge in [0, 0.05) is 12.1 Å². The van der Waals surface area contributed by atoms with Gasteiger partial charge in [0.2, 0.25) is 5.91 Å². The molecule has 3 unspecified atom stereocenters. The number of carbonyl (C=O) groups excluding carboxylic acids is 1. The van der Waals surface area contributed by atoms with E-state index in [0.29, 0.717) is 23.9 Å². The van der Waals surface area contributed by atoms with Gasteiger partial charge in [-0.25, -0.2) is 0 Å². The van der Waals surface area contributed by atoms with Gasteiger partial charge in [-0.3, -0.25) is 4.79 Å². The van der Waals surface area contributed by atoms with Gasteiger partial charge in [0.1, 0.15) is 0 Å². The highest BCUT2D eigenvalue weighted by atomic mass is 35.5. The molecule has 2 saturated carbocycles. The Kier molecular flexibility index (Phi) is 4.98. The van der Waals surface area contributed by atoms with E-state index in [-0.39, 0.29) is 24.2 Å². The summed E-state index contributed by atoms with van der Waals surface area (Å²) < 4.78 is 0. The van der Waals surface area contributed by atoms with Gasteiger partial charge in [-0.05, 0) is 61.5 Å². The number of nitrogens with two attached hydrogens (primary N) is 1. The van der Waals surface area contributed by atoms with E-state index in [2.05, 4.69) is 29.6 Å². The molecule has 0 spiro atoms. The van der Waals surface area contributed by atoms with Gasteiger partial charge in [-0.1, -0.05) is 30.7 Å². The Bertz CT molecular complexity index is 562. The quantitative estimate of drug-likeness (QED) is 0.872. The first-order chi connectivity index (χ1) is 10.7. The summed E-state index contributed by atoms with van der Waals surface area (Å²) in [5.74, 6) is 1.51. The lowest BCUT2D eigenvalue weighted by Gasteiger charge is -2.45. The van der Waals surface area contributed by atoms with E-state index >= 15 is 0 Å². The number of hydrogen-bond acceptors (Lipinski definition) is 2. The van der Waals surface area contributed by atoms with Crippen molar-refractivity contribution in [2.75, 3.05) is 0 Å². The summed E-state index contributed by atoms with van der Waals surface area (Å²) in [6.45, 7) is 0. The minimum Gasteiger partial charge on any atom is -0.352 e. The molecule has 3 nitrogen and oxygen atoms in total. The fourth-order valence-corrected chi connectivity index (χ4v) is 5.12. The van der Waals surface area contributed by atoms with Crippen molar-refractivity contribution in [3.63, 3.8) is 0 Å². The summed E-state index contributed by atoms with van der Waals surface area (Å²) in [5.41, 5.74) is 8.79. The number of carbonyl (C=O) groups is 1. The highest BCUT2D eigenvalue weighted by Gasteiger charge is 2.41. The third kappa shape index (κ3) is 3.14. The predicted octanol–water partition coefficient (Wildman–Crippen LogP) is 3.16. The van der Waals surface area contributed by atoms with Gasteiger partial charge < -0.3 is 11.1 Å². The van der Waals surface area contributed by atoms with Crippen molar-refractivity contribution in [3.05, 3.63) is 35.4 Å². The van der Waals surface area contributed by atoms with Crippen molar-refractivity contribution in [1.82, 2.24) is 5.32 Å². The Labute approximate surface area is 144 Å². The highest BCUT2D eigenvalue weighted by molar-refractivity contribution is 5.85. The molecule has 0 aliphatic heterocycles. The smallest absolute Gasteiger partial charge is 0.227 e. The summed E-state index contributed by atoms with van der Waals surface area (Å²) in [6, 6.07) is 9.14. The van der Waals surface area contributed by atoms with E-state index < -0.39 is 0 Å². The molecule has 1 aromatic carbocycles. The second kappa shape index (κ2) is 6.82. The fraction of sp³-hybridized carbons (Fsp3) is 0.632. The fourth-order valence-electron chi connectivity index (χ4n) is 5.12. The zero-order valence-electron chi connectivity index (χ0n) is 13.5. The molecule has 0 radical (unpaired) electrons. The zero-order valence-corrected chi connectivity index (χ0v) is 14.4. The third-order valence-electron chi connectivity index (χ3n) is 6.13. The number of fused-ring (bicyclic) bond motifs is 3. The van der Waals surface area contributed by atoms with Crippen LogP contribution >= 0.6 is 12.4 Å². The molecule has 4 heteroatoms. The molecule has 126 valence electrons.